The van der Waals surface area contributed by atoms with E-state index in [1.165, 1.54) is 11.3 Å². The van der Waals surface area contributed by atoms with Gasteiger partial charge in [0, 0.05) is 18.5 Å². The lowest BCUT2D eigenvalue weighted by molar-refractivity contribution is -0.135. The first-order valence-corrected chi connectivity index (χ1v) is 6.84. The van der Waals surface area contributed by atoms with Crippen molar-refractivity contribution in [2.45, 2.75) is 20.4 Å². The molecule has 1 atom stereocenters. The average molecular weight is 275 g/mol. The van der Waals surface area contributed by atoms with Crippen LogP contribution in [0, 0.1) is 11.8 Å². The van der Waals surface area contributed by atoms with Gasteiger partial charge in [0.25, 0.3) is 0 Å². The predicted octanol–water partition coefficient (Wildman–Crippen LogP) is 2.59. The van der Waals surface area contributed by atoms with Gasteiger partial charge in [-0.05, 0) is 18.1 Å². The van der Waals surface area contributed by atoms with E-state index in [1.807, 2.05) is 26.0 Å². The number of hydrogen-bond acceptors (Lipinski definition) is 3. The topological polar surface area (TPSA) is 46.3 Å². The predicted molar refractivity (Wildman–Crippen MR) is 73.2 cm³/mol. The molecule has 0 saturated carbocycles. The zero-order chi connectivity index (χ0) is 13.0. The van der Waals surface area contributed by atoms with Crippen molar-refractivity contribution in [2.24, 2.45) is 17.6 Å². The summed E-state index contributed by atoms with van der Waals surface area (Å²) in [5, 5.41) is 0. The normalized spacial score (nSPS) is 12.8. The van der Waals surface area contributed by atoms with Crippen LogP contribution in [0.1, 0.15) is 18.7 Å². The largest absolute Gasteiger partial charge is 0.340 e. The first-order chi connectivity index (χ1) is 7.95. The zero-order valence-electron chi connectivity index (χ0n) is 10.4. The van der Waals surface area contributed by atoms with Crippen molar-refractivity contribution in [1.29, 1.82) is 0 Å². The molecule has 0 fully saturated rings. The molecule has 1 aromatic rings. The van der Waals surface area contributed by atoms with Crippen LogP contribution in [-0.2, 0) is 11.3 Å². The molecular weight excluding hydrogens is 256 g/mol. The fraction of sp³-hybridized carbons (Fsp3) is 0.583. The molecule has 3 nitrogen and oxygen atoms in total. The lowest BCUT2D eigenvalue weighted by Crippen LogP contribution is -2.38. The number of amides is 1. The fourth-order valence-electron chi connectivity index (χ4n) is 1.69. The van der Waals surface area contributed by atoms with E-state index in [0.717, 1.165) is 9.21 Å². The molecule has 0 aliphatic carbocycles. The highest BCUT2D eigenvalue weighted by molar-refractivity contribution is 7.16. The minimum Gasteiger partial charge on any atom is -0.340 e. The summed E-state index contributed by atoms with van der Waals surface area (Å²) in [4.78, 5) is 15.0. The highest BCUT2D eigenvalue weighted by atomic mass is 35.5. The van der Waals surface area contributed by atoms with Gasteiger partial charge in [0.05, 0.1) is 16.8 Å². The number of halogens is 1. The lowest BCUT2D eigenvalue weighted by Gasteiger charge is -2.24. The van der Waals surface area contributed by atoms with E-state index in [0.29, 0.717) is 13.1 Å². The second-order valence-corrected chi connectivity index (χ2v) is 6.29. The van der Waals surface area contributed by atoms with Crippen LogP contribution in [0.25, 0.3) is 0 Å². The second kappa shape index (κ2) is 6.38. The van der Waals surface area contributed by atoms with Gasteiger partial charge in [-0.1, -0.05) is 25.4 Å². The number of nitrogens with two attached hydrogens (primary N) is 1. The molecule has 1 amide bonds. The molecule has 0 saturated heterocycles. The van der Waals surface area contributed by atoms with Gasteiger partial charge in [-0.15, -0.1) is 11.3 Å². The van der Waals surface area contributed by atoms with E-state index in [1.54, 1.807) is 11.9 Å². The molecule has 0 aromatic carbocycles. The highest BCUT2D eigenvalue weighted by Gasteiger charge is 2.23. The third kappa shape index (κ3) is 3.98. The highest BCUT2D eigenvalue weighted by Crippen LogP contribution is 2.23. The van der Waals surface area contributed by atoms with Crippen molar-refractivity contribution in [3.05, 3.63) is 21.3 Å². The van der Waals surface area contributed by atoms with Gasteiger partial charge in [-0.25, -0.2) is 0 Å². The van der Waals surface area contributed by atoms with Crippen molar-refractivity contribution >= 4 is 28.8 Å². The van der Waals surface area contributed by atoms with Gasteiger partial charge in [0.2, 0.25) is 5.91 Å². The summed E-state index contributed by atoms with van der Waals surface area (Å²) < 4.78 is 0.750. The van der Waals surface area contributed by atoms with Crippen LogP contribution in [-0.4, -0.2) is 24.4 Å². The Bertz CT molecular complexity index is 378. The molecule has 1 rings (SSSR count). The first kappa shape index (κ1) is 14.5. The summed E-state index contributed by atoms with van der Waals surface area (Å²) in [5.74, 6) is 0.268. The maximum Gasteiger partial charge on any atom is 0.227 e. The molecule has 0 radical (unpaired) electrons. The van der Waals surface area contributed by atoms with Gasteiger partial charge in [-0.3, -0.25) is 4.79 Å². The van der Waals surface area contributed by atoms with Crippen molar-refractivity contribution in [3.63, 3.8) is 0 Å². The smallest absolute Gasteiger partial charge is 0.227 e. The number of carbonyl (C=O) groups excluding carboxylic acids is 1. The maximum atomic E-state index is 12.1. The molecule has 1 aromatic heterocycles. The summed E-state index contributed by atoms with van der Waals surface area (Å²) >= 11 is 7.36. The van der Waals surface area contributed by atoms with Gasteiger partial charge in [-0.2, -0.15) is 0 Å². The molecule has 2 N–H and O–H groups in total. The van der Waals surface area contributed by atoms with E-state index in [-0.39, 0.29) is 17.7 Å². The molecule has 0 aliphatic rings. The molecule has 0 aliphatic heterocycles. The summed E-state index contributed by atoms with van der Waals surface area (Å²) in [7, 11) is 1.81. The van der Waals surface area contributed by atoms with E-state index < -0.39 is 0 Å². The Hall–Kier alpha value is -0.580. The summed E-state index contributed by atoms with van der Waals surface area (Å²) in [6.07, 6.45) is 0. The summed E-state index contributed by atoms with van der Waals surface area (Å²) in [5.41, 5.74) is 5.64. The van der Waals surface area contributed by atoms with Crippen LogP contribution in [0.4, 0.5) is 0 Å². The molecule has 1 heterocycles. The Balaban J connectivity index is 2.63. The fourth-order valence-corrected chi connectivity index (χ4v) is 2.83. The van der Waals surface area contributed by atoms with E-state index in [9.17, 15) is 4.79 Å². The van der Waals surface area contributed by atoms with Crippen molar-refractivity contribution < 1.29 is 4.79 Å². The number of carbonyl (C=O) groups is 1. The van der Waals surface area contributed by atoms with Gasteiger partial charge < -0.3 is 10.6 Å². The quantitative estimate of drug-likeness (QED) is 0.897. The van der Waals surface area contributed by atoms with Crippen LogP contribution in [0.3, 0.4) is 0 Å². The monoisotopic (exact) mass is 274 g/mol. The maximum absolute atomic E-state index is 12.1. The molecular formula is C12H19ClN2OS. The van der Waals surface area contributed by atoms with Crippen LogP contribution < -0.4 is 5.73 Å². The van der Waals surface area contributed by atoms with Gasteiger partial charge in [0.15, 0.2) is 0 Å². The number of hydrogen-bond donors (Lipinski definition) is 1. The average Bonchev–Trinajstić information content (AvgIpc) is 2.64. The third-order valence-corrected chi connectivity index (χ3v) is 3.99. The van der Waals surface area contributed by atoms with Gasteiger partial charge in [0.1, 0.15) is 0 Å². The van der Waals surface area contributed by atoms with Crippen molar-refractivity contribution in [3.8, 4) is 0 Å². The van der Waals surface area contributed by atoms with Crippen LogP contribution in [0.5, 0.6) is 0 Å². The van der Waals surface area contributed by atoms with Crippen molar-refractivity contribution in [1.82, 2.24) is 4.90 Å². The van der Waals surface area contributed by atoms with Crippen LogP contribution >= 0.6 is 22.9 Å². The molecule has 1 unspecified atom stereocenters. The Morgan fingerprint density at radius 3 is 2.59 bits per heavy atom. The van der Waals surface area contributed by atoms with E-state index in [2.05, 4.69) is 0 Å². The van der Waals surface area contributed by atoms with Gasteiger partial charge >= 0.3 is 0 Å². The van der Waals surface area contributed by atoms with Crippen molar-refractivity contribution in [2.75, 3.05) is 13.6 Å². The number of thiophene rings is 1. The Morgan fingerprint density at radius 2 is 2.18 bits per heavy atom. The number of nitrogens with zero attached hydrogens (tertiary/aromatic N) is 1. The van der Waals surface area contributed by atoms with Crippen LogP contribution in [0.2, 0.25) is 4.34 Å². The lowest BCUT2D eigenvalue weighted by atomic mass is 9.94. The standard InChI is InChI=1S/C12H19ClN2OS/c1-8(2)10(6-14)12(16)15(3)7-9-4-5-11(13)17-9/h4-5,8,10H,6-7,14H2,1-3H3. The molecule has 17 heavy (non-hydrogen) atoms. The SMILES string of the molecule is CC(C)C(CN)C(=O)N(C)Cc1ccc(Cl)s1. The molecule has 0 bridgehead atoms. The molecule has 0 spiro atoms. The Kier molecular flexibility index (Phi) is 5.43. The van der Waals surface area contributed by atoms with Crippen LogP contribution in [0.15, 0.2) is 12.1 Å². The second-order valence-electron chi connectivity index (χ2n) is 4.49. The van der Waals surface area contributed by atoms with E-state index in [4.69, 9.17) is 17.3 Å². The summed E-state index contributed by atoms with van der Waals surface area (Å²) in [6, 6.07) is 3.80. The first-order valence-electron chi connectivity index (χ1n) is 5.65. The molecule has 96 valence electrons. The Morgan fingerprint density at radius 1 is 1.53 bits per heavy atom. The minimum atomic E-state index is -0.101. The third-order valence-electron chi connectivity index (χ3n) is 2.77. The number of rotatable bonds is 5. The minimum absolute atomic E-state index is 0.101. The Labute approximate surface area is 112 Å². The summed E-state index contributed by atoms with van der Waals surface area (Å²) in [6.45, 7) is 5.03. The zero-order valence-corrected chi connectivity index (χ0v) is 12.0. The van der Waals surface area contributed by atoms with E-state index >= 15 is 0 Å². The molecule has 5 heteroatoms.